The molecular formula is C29H33N5O3. The maximum Gasteiger partial charge on any atom is 0.287 e. The number of benzene rings is 3. The summed E-state index contributed by atoms with van der Waals surface area (Å²) in [5.41, 5.74) is 5.99. The number of anilines is 2. The van der Waals surface area contributed by atoms with Crippen molar-refractivity contribution in [2.75, 3.05) is 37.0 Å². The van der Waals surface area contributed by atoms with Crippen LogP contribution in [0, 0.1) is 0 Å². The van der Waals surface area contributed by atoms with Crippen molar-refractivity contribution in [1.82, 2.24) is 10.7 Å². The molecule has 0 fully saturated rings. The van der Waals surface area contributed by atoms with Crippen LogP contribution < -0.4 is 20.5 Å². The van der Waals surface area contributed by atoms with Crippen molar-refractivity contribution in [1.29, 1.82) is 0 Å². The number of amides is 2. The van der Waals surface area contributed by atoms with E-state index in [2.05, 4.69) is 20.7 Å². The van der Waals surface area contributed by atoms with E-state index in [-0.39, 0.29) is 11.4 Å². The molecule has 0 aliphatic heterocycles. The third-order valence-electron chi connectivity index (χ3n) is 5.76. The van der Waals surface area contributed by atoms with Crippen molar-refractivity contribution < 1.29 is 14.7 Å². The van der Waals surface area contributed by atoms with Gasteiger partial charge >= 0.3 is 0 Å². The highest BCUT2D eigenvalue weighted by atomic mass is 16.3. The summed E-state index contributed by atoms with van der Waals surface area (Å²) in [4.78, 5) is 29.8. The third kappa shape index (κ3) is 7.44. The van der Waals surface area contributed by atoms with Crippen LogP contribution in [0.15, 0.2) is 83.6 Å². The molecule has 3 aromatic carbocycles. The van der Waals surface area contributed by atoms with Gasteiger partial charge in [-0.3, -0.25) is 9.59 Å². The highest BCUT2D eigenvalue weighted by molar-refractivity contribution is 6.05. The number of carbonyl (C=O) groups excluding carboxylic acids is 2. The average molecular weight is 500 g/mol. The first-order chi connectivity index (χ1) is 17.8. The molecule has 0 saturated heterocycles. The van der Waals surface area contributed by atoms with Crippen molar-refractivity contribution in [2.45, 2.75) is 13.8 Å². The molecule has 192 valence electrons. The van der Waals surface area contributed by atoms with Crippen LogP contribution in [-0.2, 0) is 4.79 Å². The Morgan fingerprint density at radius 2 is 1.57 bits per heavy atom. The summed E-state index contributed by atoms with van der Waals surface area (Å²) in [6.45, 7) is 5.73. The summed E-state index contributed by atoms with van der Waals surface area (Å²) < 4.78 is 0. The molecule has 0 aliphatic rings. The van der Waals surface area contributed by atoms with E-state index in [0.29, 0.717) is 11.1 Å². The quantitative estimate of drug-likeness (QED) is 0.220. The number of rotatable bonds is 10. The zero-order valence-electron chi connectivity index (χ0n) is 21.6. The Morgan fingerprint density at radius 1 is 0.919 bits per heavy atom. The summed E-state index contributed by atoms with van der Waals surface area (Å²) in [6, 6.07) is 21.5. The summed E-state index contributed by atoms with van der Waals surface area (Å²) in [5, 5.41) is 17.1. The van der Waals surface area contributed by atoms with E-state index in [1.54, 1.807) is 42.5 Å². The Bertz CT molecular complexity index is 1260. The number of hydrazone groups is 1. The van der Waals surface area contributed by atoms with Crippen LogP contribution in [0.1, 0.15) is 35.3 Å². The second-order valence-corrected chi connectivity index (χ2v) is 8.48. The van der Waals surface area contributed by atoms with Crippen molar-refractivity contribution in [3.63, 3.8) is 0 Å². The fraction of sp³-hybridized carbons (Fsp3) is 0.207. The molecule has 0 aliphatic carbocycles. The molecule has 37 heavy (non-hydrogen) atoms. The topological polar surface area (TPSA) is 97.3 Å². The first kappa shape index (κ1) is 27.0. The number of phenolic OH excluding ortho intramolecular Hbond substituents is 1. The molecule has 0 bridgehead atoms. The van der Waals surface area contributed by atoms with E-state index >= 15 is 0 Å². The molecule has 0 atom stereocenters. The Morgan fingerprint density at radius 3 is 2.16 bits per heavy atom. The number of aromatic hydroxyl groups is 1. The molecule has 8 heteroatoms. The van der Waals surface area contributed by atoms with Crippen LogP contribution in [0.3, 0.4) is 0 Å². The highest BCUT2D eigenvalue weighted by Gasteiger charge is 2.14. The molecule has 0 saturated carbocycles. The number of carbonyl (C=O) groups is 2. The van der Waals surface area contributed by atoms with Crippen molar-refractivity contribution in [3.05, 3.63) is 95.2 Å². The van der Waals surface area contributed by atoms with E-state index < -0.39 is 11.8 Å². The van der Waals surface area contributed by atoms with Gasteiger partial charge < -0.3 is 20.2 Å². The number of nitrogens with one attached hydrogen (secondary N) is 2. The molecular weight excluding hydrogens is 466 g/mol. The normalized spacial score (nSPS) is 11.3. The average Bonchev–Trinajstić information content (AvgIpc) is 2.90. The molecule has 3 rings (SSSR count). The lowest BCUT2D eigenvalue weighted by Gasteiger charge is -2.21. The monoisotopic (exact) mass is 499 g/mol. The van der Waals surface area contributed by atoms with Gasteiger partial charge in [-0.1, -0.05) is 30.3 Å². The Kier molecular flexibility index (Phi) is 9.43. The zero-order valence-corrected chi connectivity index (χ0v) is 21.6. The largest absolute Gasteiger partial charge is 0.507 e. The zero-order chi connectivity index (χ0) is 26.8. The molecule has 8 nitrogen and oxygen atoms in total. The molecule has 2 amide bonds. The molecule has 0 unspecified atom stereocenters. The molecule has 0 radical (unpaired) electrons. The van der Waals surface area contributed by atoms with Gasteiger partial charge in [-0.05, 0) is 61.9 Å². The number of phenols is 1. The van der Waals surface area contributed by atoms with Crippen molar-refractivity contribution in [2.24, 2.45) is 5.10 Å². The van der Waals surface area contributed by atoms with E-state index in [0.717, 1.165) is 30.0 Å². The molecule has 3 N–H and O–H groups in total. The Hall–Kier alpha value is -4.59. The van der Waals surface area contributed by atoms with Gasteiger partial charge in [0.05, 0.1) is 6.21 Å². The van der Waals surface area contributed by atoms with Gasteiger partial charge in [0.15, 0.2) is 0 Å². The van der Waals surface area contributed by atoms with Gasteiger partial charge in [0.2, 0.25) is 0 Å². The van der Waals surface area contributed by atoms with Gasteiger partial charge in [-0.25, -0.2) is 5.43 Å². The first-order valence-electron chi connectivity index (χ1n) is 12.1. The van der Waals surface area contributed by atoms with Crippen LogP contribution in [0.4, 0.5) is 11.4 Å². The minimum Gasteiger partial charge on any atom is -0.507 e. The molecule has 0 aromatic heterocycles. The van der Waals surface area contributed by atoms with Crippen LogP contribution in [0.5, 0.6) is 5.75 Å². The molecule has 0 spiro atoms. The lowest BCUT2D eigenvalue weighted by atomic mass is 10.1. The van der Waals surface area contributed by atoms with E-state index in [9.17, 15) is 14.7 Å². The summed E-state index contributed by atoms with van der Waals surface area (Å²) in [5.74, 6) is -0.964. The van der Waals surface area contributed by atoms with Gasteiger partial charge in [0, 0.05) is 55.8 Å². The standard InChI is InChI=1S/C29H33N5O3/c1-5-34(6-2)25-17-14-23(27(35)19-25)20-30-32-29(37)26(31-28(36)22-10-8-7-9-11-22)18-21-12-15-24(16-13-21)33(3)4/h7-20,35H,5-6H2,1-4H3,(H,31,36)(H,32,37)/b26-18+,30-20-. The van der Waals surface area contributed by atoms with Crippen molar-refractivity contribution in [3.8, 4) is 5.75 Å². The van der Waals surface area contributed by atoms with E-state index in [4.69, 9.17) is 0 Å². The van der Waals surface area contributed by atoms with Crippen LogP contribution in [0.2, 0.25) is 0 Å². The van der Waals surface area contributed by atoms with Crippen LogP contribution >= 0.6 is 0 Å². The maximum atomic E-state index is 13.0. The Labute approximate surface area is 217 Å². The summed E-state index contributed by atoms with van der Waals surface area (Å²) in [6.07, 6.45) is 2.95. The number of hydrogen-bond acceptors (Lipinski definition) is 6. The summed E-state index contributed by atoms with van der Waals surface area (Å²) >= 11 is 0. The van der Waals surface area contributed by atoms with Crippen molar-refractivity contribution >= 4 is 35.5 Å². The lowest BCUT2D eigenvalue weighted by molar-refractivity contribution is -0.117. The van der Waals surface area contributed by atoms with Gasteiger partial charge in [-0.15, -0.1) is 0 Å². The fourth-order valence-corrected chi connectivity index (χ4v) is 3.63. The predicted molar refractivity (Wildman–Crippen MR) is 150 cm³/mol. The Balaban J connectivity index is 1.80. The SMILES string of the molecule is CCN(CC)c1ccc(/C=N\NC(=O)/C(=C\c2ccc(N(C)C)cc2)NC(=O)c2ccccc2)c(O)c1. The van der Waals surface area contributed by atoms with Gasteiger partial charge in [-0.2, -0.15) is 5.10 Å². The molecule has 0 heterocycles. The number of nitrogens with zero attached hydrogens (tertiary/aromatic N) is 3. The summed E-state index contributed by atoms with van der Waals surface area (Å²) in [7, 11) is 3.88. The number of hydrogen-bond donors (Lipinski definition) is 3. The van der Waals surface area contributed by atoms with Crippen LogP contribution in [0.25, 0.3) is 6.08 Å². The lowest BCUT2D eigenvalue weighted by Crippen LogP contribution is -2.32. The minimum absolute atomic E-state index is 0.0321. The second-order valence-electron chi connectivity index (χ2n) is 8.48. The van der Waals surface area contributed by atoms with Crippen LogP contribution in [-0.4, -0.2) is 50.3 Å². The van der Waals surface area contributed by atoms with E-state index in [1.165, 1.54) is 6.21 Å². The maximum absolute atomic E-state index is 13.0. The first-order valence-corrected chi connectivity index (χ1v) is 12.1. The smallest absolute Gasteiger partial charge is 0.287 e. The van der Waals surface area contributed by atoms with Gasteiger partial charge in [0.1, 0.15) is 11.4 Å². The highest BCUT2D eigenvalue weighted by Crippen LogP contribution is 2.23. The van der Waals surface area contributed by atoms with Gasteiger partial charge in [0.25, 0.3) is 11.8 Å². The predicted octanol–water partition coefficient (Wildman–Crippen LogP) is 4.23. The minimum atomic E-state index is -0.600. The fourth-order valence-electron chi connectivity index (χ4n) is 3.63. The third-order valence-corrected chi connectivity index (χ3v) is 5.76. The molecule has 3 aromatic rings. The second kappa shape index (κ2) is 12.9. The van der Waals surface area contributed by atoms with E-state index in [1.807, 2.05) is 69.2 Å².